The van der Waals surface area contributed by atoms with Crippen LogP contribution in [0.4, 0.5) is 0 Å². The molecule has 3 nitrogen and oxygen atoms in total. The minimum atomic E-state index is -1.12. The summed E-state index contributed by atoms with van der Waals surface area (Å²) in [7, 11) is 0. The van der Waals surface area contributed by atoms with Crippen molar-refractivity contribution in [2.24, 2.45) is 5.92 Å². The summed E-state index contributed by atoms with van der Waals surface area (Å²) in [4.78, 5) is 10.2. The third kappa shape index (κ3) is 3.78. The molecule has 2 atom stereocenters. The molecule has 2 unspecified atom stereocenters. The second-order valence-corrected chi connectivity index (χ2v) is 6.21. The van der Waals surface area contributed by atoms with Crippen LogP contribution in [0.2, 0.25) is 0 Å². The summed E-state index contributed by atoms with van der Waals surface area (Å²) >= 11 is 8.51. The number of rotatable bonds is 3. The lowest BCUT2D eigenvalue weighted by Crippen LogP contribution is -2.12. The van der Waals surface area contributed by atoms with Crippen LogP contribution in [-0.4, -0.2) is 17.2 Å². The number of thiol groups is 1. The van der Waals surface area contributed by atoms with Crippen molar-refractivity contribution in [3.8, 4) is 6.07 Å². The average Bonchev–Trinajstić information content (AvgIpc) is 1.81. The Kier molecular flexibility index (Phi) is 4.54. The van der Waals surface area contributed by atoms with Crippen molar-refractivity contribution in [3.63, 3.8) is 0 Å². The van der Waals surface area contributed by atoms with Gasteiger partial charge in [0.05, 0.1) is 18.3 Å². The summed E-state index contributed by atoms with van der Waals surface area (Å²) in [5.41, 5.74) is 0. The number of carbonyl (C=O) groups is 1. The van der Waals surface area contributed by atoms with E-state index >= 15 is 0 Å². The highest BCUT2D eigenvalue weighted by Gasteiger charge is 2.23. The number of aliphatic carboxylic acids is 1. The molecule has 54 valence electrons. The van der Waals surface area contributed by atoms with Crippen LogP contribution in [0, 0.1) is 17.2 Å². The van der Waals surface area contributed by atoms with Gasteiger partial charge in [-0.05, 0) is 0 Å². The fraction of sp³-hybridized carbons (Fsp3) is 0.500. The van der Waals surface area contributed by atoms with Gasteiger partial charge < -0.3 is 5.11 Å². The summed E-state index contributed by atoms with van der Waals surface area (Å²) < 4.78 is 0. The maximum Gasteiger partial charge on any atom is 0.325 e. The highest BCUT2D eigenvalue weighted by Crippen LogP contribution is 2.28. The second-order valence-electron chi connectivity index (χ2n) is 1.55. The van der Waals surface area contributed by atoms with Gasteiger partial charge >= 0.3 is 5.97 Å². The maximum atomic E-state index is 10.2. The van der Waals surface area contributed by atoms with E-state index in [1.807, 2.05) is 0 Å². The van der Waals surface area contributed by atoms with E-state index in [1.54, 1.807) is 6.07 Å². The molecule has 0 aliphatic heterocycles. The number of carboxylic acid groups (broad SMARTS) is 1. The lowest BCUT2D eigenvalue weighted by atomic mass is 10.2. The molecular weight excluding hydrogens is 189 g/mol. The molecule has 0 aliphatic carbocycles. The zero-order valence-corrected chi connectivity index (χ0v) is 7.50. The molecule has 0 saturated heterocycles. The van der Waals surface area contributed by atoms with Crippen molar-refractivity contribution in [1.82, 2.24) is 0 Å². The summed E-state index contributed by atoms with van der Waals surface area (Å²) in [6.07, 6.45) is 0.180. The number of nitrogens with zero attached hydrogens (tertiary/aromatic N) is 1. The highest BCUT2D eigenvalue weighted by molar-refractivity contribution is 8.56. The molecule has 0 aromatic heterocycles. The SMILES string of the molecule is N#CC(C[P+](=S)S)C(=O)O. The molecule has 6 heteroatoms. The first-order valence-electron chi connectivity index (χ1n) is 2.34. The van der Waals surface area contributed by atoms with Crippen LogP contribution in [0.3, 0.4) is 0 Å². The molecule has 0 amide bonds. The van der Waals surface area contributed by atoms with Gasteiger partial charge in [0, 0.05) is 0 Å². The van der Waals surface area contributed by atoms with Gasteiger partial charge in [0.1, 0.15) is 0 Å². The fourth-order valence-electron chi connectivity index (χ4n) is 0.330. The van der Waals surface area contributed by atoms with Crippen molar-refractivity contribution in [2.45, 2.75) is 0 Å². The van der Waals surface area contributed by atoms with Gasteiger partial charge in [-0.1, -0.05) is 0 Å². The van der Waals surface area contributed by atoms with Gasteiger partial charge in [-0.2, -0.15) is 5.26 Å². The third-order valence-electron chi connectivity index (χ3n) is 0.793. The minimum Gasteiger partial charge on any atom is -0.480 e. The Balaban J connectivity index is 4.00. The number of hydrogen-bond donors (Lipinski definition) is 2. The van der Waals surface area contributed by atoms with E-state index < -0.39 is 17.8 Å². The second kappa shape index (κ2) is 4.62. The predicted molar refractivity (Wildman–Crippen MR) is 44.9 cm³/mol. The lowest BCUT2D eigenvalue weighted by molar-refractivity contribution is -0.139. The van der Waals surface area contributed by atoms with Crippen LogP contribution >= 0.6 is 18.1 Å². The van der Waals surface area contributed by atoms with Crippen molar-refractivity contribution < 1.29 is 9.90 Å². The van der Waals surface area contributed by atoms with E-state index in [0.717, 1.165) is 0 Å². The molecule has 0 saturated carbocycles. The van der Waals surface area contributed by atoms with E-state index in [0.29, 0.717) is 0 Å². The topological polar surface area (TPSA) is 61.1 Å². The van der Waals surface area contributed by atoms with Crippen LogP contribution in [0.1, 0.15) is 0 Å². The third-order valence-corrected chi connectivity index (χ3v) is 2.41. The molecule has 0 heterocycles. The Morgan fingerprint density at radius 1 is 2.00 bits per heavy atom. The molecule has 1 N–H and O–H groups in total. The zero-order chi connectivity index (χ0) is 8.15. The molecule has 0 radical (unpaired) electrons. The summed E-state index contributed by atoms with van der Waals surface area (Å²) in [5, 5.41) is 16.6. The molecule has 10 heavy (non-hydrogen) atoms. The molecule has 0 aromatic rings. The van der Waals surface area contributed by atoms with Crippen molar-refractivity contribution >= 4 is 35.9 Å². The summed E-state index contributed by atoms with van der Waals surface area (Å²) in [6.45, 7) is 0. The normalized spacial score (nSPS) is 13.4. The van der Waals surface area contributed by atoms with E-state index in [-0.39, 0.29) is 6.16 Å². The van der Waals surface area contributed by atoms with E-state index in [2.05, 4.69) is 24.1 Å². The number of hydrogen-bond acceptors (Lipinski definition) is 3. The van der Waals surface area contributed by atoms with E-state index in [9.17, 15) is 4.79 Å². The largest absolute Gasteiger partial charge is 0.480 e. The van der Waals surface area contributed by atoms with Crippen molar-refractivity contribution in [2.75, 3.05) is 6.16 Å². The quantitative estimate of drug-likeness (QED) is 0.519. The van der Waals surface area contributed by atoms with Gasteiger partial charge in [-0.25, -0.2) is 0 Å². The average molecular weight is 194 g/mol. The fourth-order valence-corrected chi connectivity index (χ4v) is 1.82. The zero-order valence-electron chi connectivity index (χ0n) is 4.89. The smallest absolute Gasteiger partial charge is 0.325 e. The van der Waals surface area contributed by atoms with E-state index in [4.69, 9.17) is 10.4 Å². The van der Waals surface area contributed by atoms with Gasteiger partial charge in [0.25, 0.3) is 0 Å². The summed E-state index contributed by atoms with van der Waals surface area (Å²) in [5.74, 6) is -3.11. The first kappa shape index (κ1) is 9.83. The number of carboxylic acids is 1. The standard InChI is InChI=1S/C4H4NO2PS2/c5-1-3(4(6)7)2-8(9)10/h3H,2H2,(H-,6,7,9,10)/p+1. The Morgan fingerprint density at radius 3 is 2.60 bits per heavy atom. The van der Waals surface area contributed by atoms with Gasteiger partial charge in [-0.15, -0.1) is 0 Å². The monoisotopic (exact) mass is 194 g/mol. The Bertz CT molecular complexity index is 200. The van der Waals surface area contributed by atoms with Crippen molar-refractivity contribution in [1.29, 1.82) is 5.26 Å². The van der Waals surface area contributed by atoms with Crippen LogP contribution < -0.4 is 0 Å². The number of nitriles is 1. The van der Waals surface area contributed by atoms with Crippen LogP contribution in [0.5, 0.6) is 0 Å². The molecule has 0 fully saturated rings. The first-order chi connectivity index (χ1) is 4.57. The van der Waals surface area contributed by atoms with Gasteiger partial charge in [-0.3, -0.25) is 4.79 Å². The molecular formula is C4H5NO2PS2+. The minimum absolute atomic E-state index is 0.180. The maximum absolute atomic E-state index is 10.2. The Labute approximate surface area is 69.6 Å². The first-order valence-corrected chi connectivity index (χ1v) is 6.03. The molecule has 0 aromatic carbocycles. The summed E-state index contributed by atoms with van der Waals surface area (Å²) in [6, 6.07) is 1.63. The van der Waals surface area contributed by atoms with Gasteiger partial charge in [0.15, 0.2) is 23.9 Å². The van der Waals surface area contributed by atoms with E-state index in [1.165, 1.54) is 0 Å². The molecule has 0 spiro atoms. The lowest BCUT2D eigenvalue weighted by Gasteiger charge is -1.91. The molecule has 0 aliphatic rings. The van der Waals surface area contributed by atoms with Crippen LogP contribution in [0.25, 0.3) is 0 Å². The molecule has 0 bridgehead atoms. The Hall–Kier alpha value is -0.170. The van der Waals surface area contributed by atoms with Crippen LogP contribution in [-0.2, 0) is 16.6 Å². The Morgan fingerprint density at radius 2 is 2.50 bits per heavy atom. The predicted octanol–water partition coefficient (Wildman–Crippen LogP) is 0.999. The highest BCUT2D eigenvalue weighted by atomic mass is 32.9. The van der Waals surface area contributed by atoms with Crippen LogP contribution in [0.15, 0.2) is 0 Å². The van der Waals surface area contributed by atoms with Gasteiger partial charge in [0.2, 0.25) is 5.90 Å². The van der Waals surface area contributed by atoms with Crippen molar-refractivity contribution in [3.05, 3.63) is 0 Å². The molecule has 0 rings (SSSR count).